The van der Waals surface area contributed by atoms with Gasteiger partial charge in [-0.25, -0.2) is 4.98 Å². The van der Waals surface area contributed by atoms with Crippen molar-refractivity contribution in [3.05, 3.63) is 41.6 Å². The minimum absolute atomic E-state index is 0.0681. The summed E-state index contributed by atoms with van der Waals surface area (Å²) in [4.78, 5) is 4.07. The van der Waals surface area contributed by atoms with Crippen LogP contribution in [-0.2, 0) is 6.54 Å². The summed E-state index contributed by atoms with van der Waals surface area (Å²) in [6, 6.07) is 4.47. The lowest BCUT2D eigenvalue weighted by Gasteiger charge is -2.15. The molecule has 0 saturated heterocycles. The molecule has 0 aliphatic carbocycles. The predicted octanol–water partition coefficient (Wildman–Crippen LogP) is 2.25. The molecule has 5 nitrogen and oxygen atoms in total. The van der Waals surface area contributed by atoms with Crippen LogP contribution in [0.1, 0.15) is 30.2 Å². The van der Waals surface area contributed by atoms with Gasteiger partial charge in [0.05, 0.1) is 18.3 Å². The number of aromatic nitrogens is 1. The molecule has 18 heavy (non-hydrogen) atoms. The average Bonchev–Trinajstić information content (AvgIpc) is 2.72. The molecule has 1 atom stereocenters. The molecule has 2 rings (SSSR count). The number of phenols is 2. The van der Waals surface area contributed by atoms with Crippen molar-refractivity contribution in [2.24, 2.45) is 0 Å². The monoisotopic (exact) mass is 248 g/mol. The van der Waals surface area contributed by atoms with E-state index < -0.39 is 0 Å². The first-order valence-corrected chi connectivity index (χ1v) is 5.73. The van der Waals surface area contributed by atoms with Gasteiger partial charge in [-0.1, -0.05) is 6.07 Å². The van der Waals surface area contributed by atoms with Crippen molar-refractivity contribution in [2.75, 3.05) is 0 Å². The molecule has 1 heterocycles. The lowest BCUT2D eigenvalue weighted by Crippen LogP contribution is -2.18. The molecule has 0 spiro atoms. The fraction of sp³-hybridized carbons (Fsp3) is 0.308. The van der Waals surface area contributed by atoms with Crippen LogP contribution in [0.25, 0.3) is 0 Å². The van der Waals surface area contributed by atoms with Crippen molar-refractivity contribution < 1.29 is 14.6 Å². The predicted molar refractivity (Wildman–Crippen MR) is 66.3 cm³/mol. The highest BCUT2D eigenvalue weighted by molar-refractivity contribution is 5.44. The number of benzene rings is 1. The fourth-order valence-electron chi connectivity index (χ4n) is 1.81. The molecule has 0 aliphatic heterocycles. The molecule has 1 aromatic heterocycles. The zero-order chi connectivity index (χ0) is 13.1. The highest BCUT2D eigenvalue weighted by Gasteiger charge is 2.15. The maximum absolute atomic E-state index is 9.72. The molecule has 3 N–H and O–H groups in total. The minimum atomic E-state index is -0.210. The number of rotatable bonds is 4. The third-order valence-electron chi connectivity index (χ3n) is 2.72. The fourth-order valence-corrected chi connectivity index (χ4v) is 1.81. The third kappa shape index (κ3) is 2.62. The van der Waals surface area contributed by atoms with Gasteiger partial charge in [0.2, 0.25) is 5.89 Å². The number of phenolic OH excluding ortho intramolecular Hbond substituents is 2. The van der Waals surface area contributed by atoms with Crippen molar-refractivity contribution in [1.29, 1.82) is 0 Å². The molecular formula is C13H16N2O3. The van der Waals surface area contributed by atoms with Crippen LogP contribution >= 0.6 is 0 Å². The Balaban J connectivity index is 2.06. The SMILES string of the molecule is Cc1cnc(CNC(C)c2c(O)cccc2O)o1. The summed E-state index contributed by atoms with van der Waals surface area (Å²) in [7, 11) is 0. The first-order valence-electron chi connectivity index (χ1n) is 5.73. The molecule has 2 aromatic rings. The molecular weight excluding hydrogens is 232 g/mol. The van der Waals surface area contributed by atoms with Crippen LogP contribution in [-0.4, -0.2) is 15.2 Å². The van der Waals surface area contributed by atoms with Gasteiger partial charge in [-0.15, -0.1) is 0 Å². The summed E-state index contributed by atoms with van der Waals surface area (Å²) in [5, 5.41) is 22.6. The second-order valence-corrected chi connectivity index (χ2v) is 4.18. The zero-order valence-electron chi connectivity index (χ0n) is 10.3. The van der Waals surface area contributed by atoms with Gasteiger partial charge in [-0.05, 0) is 26.0 Å². The number of oxazole rings is 1. The minimum Gasteiger partial charge on any atom is -0.507 e. The van der Waals surface area contributed by atoms with Crippen LogP contribution in [0.4, 0.5) is 0 Å². The largest absolute Gasteiger partial charge is 0.507 e. The van der Waals surface area contributed by atoms with E-state index in [1.807, 2.05) is 13.8 Å². The Labute approximate surface area is 105 Å². The molecule has 0 saturated carbocycles. The number of aromatic hydroxyl groups is 2. The van der Waals surface area contributed by atoms with Gasteiger partial charge in [0, 0.05) is 6.04 Å². The second-order valence-electron chi connectivity index (χ2n) is 4.18. The van der Waals surface area contributed by atoms with Crippen LogP contribution in [0.5, 0.6) is 11.5 Å². The molecule has 1 unspecified atom stereocenters. The van der Waals surface area contributed by atoms with Gasteiger partial charge >= 0.3 is 0 Å². The Morgan fingerprint density at radius 1 is 1.33 bits per heavy atom. The van der Waals surface area contributed by atoms with E-state index in [1.165, 1.54) is 0 Å². The lowest BCUT2D eigenvalue weighted by molar-refractivity contribution is 0.400. The van der Waals surface area contributed by atoms with E-state index in [9.17, 15) is 10.2 Å². The van der Waals surface area contributed by atoms with Gasteiger partial charge < -0.3 is 19.9 Å². The standard InChI is InChI=1S/C13H16N2O3/c1-8-6-15-12(18-8)7-14-9(2)13-10(16)4-3-5-11(13)17/h3-6,9,14,16-17H,7H2,1-2H3. The maximum atomic E-state index is 9.72. The molecule has 0 bridgehead atoms. The van der Waals surface area contributed by atoms with Gasteiger partial charge in [0.25, 0.3) is 0 Å². The lowest BCUT2D eigenvalue weighted by atomic mass is 10.1. The van der Waals surface area contributed by atoms with Crippen LogP contribution in [0.2, 0.25) is 0 Å². The Morgan fingerprint density at radius 3 is 2.56 bits per heavy atom. The summed E-state index contributed by atoms with van der Waals surface area (Å²) >= 11 is 0. The molecule has 0 radical (unpaired) electrons. The van der Waals surface area contributed by atoms with E-state index in [2.05, 4.69) is 10.3 Å². The average molecular weight is 248 g/mol. The molecule has 96 valence electrons. The molecule has 0 amide bonds. The van der Waals surface area contributed by atoms with E-state index in [4.69, 9.17) is 4.42 Å². The van der Waals surface area contributed by atoms with Gasteiger partial charge in [0.15, 0.2) is 0 Å². The number of hydrogen-bond acceptors (Lipinski definition) is 5. The Hall–Kier alpha value is -2.01. The van der Waals surface area contributed by atoms with Crippen molar-refractivity contribution in [1.82, 2.24) is 10.3 Å². The van der Waals surface area contributed by atoms with Crippen LogP contribution in [0.15, 0.2) is 28.8 Å². The molecule has 5 heteroatoms. The van der Waals surface area contributed by atoms with Gasteiger partial charge in [0.1, 0.15) is 17.3 Å². The first-order chi connectivity index (χ1) is 8.58. The van der Waals surface area contributed by atoms with Crippen LogP contribution in [0.3, 0.4) is 0 Å². The van der Waals surface area contributed by atoms with E-state index in [0.717, 1.165) is 5.76 Å². The number of aryl methyl sites for hydroxylation is 1. The van der Waals surface area contributed by atoms with Gasteiger partial charge in [-0.2, -0.15) is 0 Å². The summed E-state index contributed by atoms with van der Waals surface area (Å²) < 4.78 is 5.33. The van der Waals surface area contributed by atoms with Crippen molar-refractivity contribution in [2.45, 2.75) is 26.4 Å². The zero-order valence-corrected chi connectivity index (χ0v) is 10.3. The number of nitrogens with one attached hydrogen (secondary N) is 1. The third-order valence-corrected chi connectivity index (χ3v) is 2.72. The van der Waals surface area contributed by atoms with Gasteiger partial charge in [-0.3, -0.25) is 0 Å². The normalized spacial score (nSPS) is 12.6. The number of nitrogens with zero attached hydrogens (tertiary/aromatic N) is 1. The first kappa shape index (κ1) is 12.4. The highest BCUT2D eigenvalue weighted by atomic mass is 16.4. The smallest absolute Gasteiger partial charge is 0.208 e. The molecule has 1 aromatic carbocycles. The summed E-state index contributed by atoms with van der Waals surface area (Å²) in [5.41, 5.74) is 0.473. The molecule has 0 aliphatic rings. The highest BCUT2D eigenvalue weighted by Crippen LogP contribution is 2.32. The van der Waals surface area contributed by atoms with E-state index in [1.54, 1.807) is 24.4 Å². The summed E-state index contributed by atoms with van der Waals surface area (Å²) in [6.07, 6.45) is 1.65. The summed E-state index contributed by atoms with van der Waals surface area (Å²) in [5.74, 6) is 1.47. The summed E-state index contributed by atoms with van der Waals surface area (Å²) in [6.45, 7) is 4.11. The maximum Gasteiger partial charge on any atom is 0.208 e. The number of hydrogen-bond donors (Lipinski definition) is 3. The van der Waals surface area contributed by atoms with Crippen LogP contribution < -0.4 is 5.32 Å². The van der Waals surface area contributed by atoms with Crippen molar-refractivity contribution in [3.63, 3.8) is 0 Å². The van der Waals surface area contributed by atoms with E-state index >= 15 is 0 Å². The Morgan fingerprint density at radius 2 is 2.00 bits per heavy atom. The molecule has 0 fully saturated rings. The topological polar surface area (TPSA) is 78.5 Å². The van der Waals surface area contributed by atoms with E-state index in [0.29, 0.717) is 18.0 Å². The Bertz CT molecular complexity index is 517. The van der Waals surface area contributed by atoms with Crippen molar-refractivity contribution in [3.8, 4) is 11.5 Å². The van der Waals surface area contributed by atoms with E-state index in [-0.39, 0.29) is 17.5 Å². The Kier molecular flexibility index (Phi) is 3.53. The second kappa shape index (κ2) is 5.10. The van der Waals surface area contributed by atoms with Crippen LogP contribution in [0, 0.1) is 6.92 Å². The van der Waals surface area contributed by atoms with Crippen molar-refractivity contribution >= 4 is 0 Å². The quantitative estimate of drug-likeness (QED) is 0.773.